The van der Waals surface area contributed by atoms with Gasteiger partial charge in [-0.25, -0.2) is 4.39 Å². The lowest BCUT2D eigenvalue weighted by Gasteiger charge is -2.44. The second-order valence-corrected chi connectivity index (χ2v) is 7.71. The molecule has 1 aromatic carbocycles. The lowest BCUT2D eigenvalue weighted by molar-refractivity contribution is -0.0740. The summed E-state index contributed by atoms with van der Waals surface area (Å²) in [6.07, 6.45) is 2.20. The number of halogens is 1. The molecule has 2 atom stereocenters. The largest absolute Gasteiger partial charge is 0.503 e. The Balaban J connectivity index is 1.66. The molecule has 1 aromatic heterocycles. The third kappa shape index (κ3) is 3.13. The molecular weight excluding hydrogens is 379 g/mol. The van der Waals surface area contributed by atoms with E-state index in [0.29, 0.717) is 13.0 Å². The molecule has 0 aliphatic carbocycles. The number of pyridine rings is 1. The number of fused-ring (bicyclic) bond motifs is 2. The van der Waals surface area contributed by atoms with E-state index in [9.17, 15) is 23.9 Å². The third-order valence-corrected chi connectivity index (χ3v) is 5.86. The first kappa shape index (κ1) is 19.3. The van der Waals surface area contributed by atoms with E-state index >= 15 is 0 Å². The molecule has 2 aromatic rings. The number of aromatic nitrogens is 1. The van der Waals surface area contributed by atoms with Gasteiger partial charge in [0.1, 0.15) is 17.1 Å². The smallest absolute Gasteiger partial charge is 0.257 e. The summed E-state index contributed by atoms with van der Waals surface area (Å²) < 4.78 is 20.9. The molecule has 7 nitrogen and oxygen atoms in total. The van der Waals surface area contributed by atoms with Crippen LogP contribution in [0.5, 0.6) is 5.75 Å². The number of ketones is 1. The molecule has 1 fully saturated rings. The minimum absolute atomic E-state index is 0.0927. The van der Waals surface area contributed by atoms with Crippen molar-refractivity contribution in [1.82, 2.24) is 9.88 Å². The second kappa shape index (κ2) is 7.11. The third-order valence-electron chi connectivity index (χ3n) is 5.86. The van der Waals surface area contributed by atoms with Crippen molar-refractivity contribution in [3.05, 3.63) is 63.3 Å². The molecule has 0 spiro atoms. The number of rotatable bonds is 3. The average Bonchev–Trinajstić information content (AvgIpc) is 2.70. The maximum atomic E-state index is 13.7. The average molecular weight is 400 g/mol. The van der Waals surface area contributed by atoms with E-state index in [1.807, 2.05) is 0 Å². The van der Waals surface area contributed by atoms with Gasteiger partial charge in [-0.05, 0) is 25.8 Å². The van der Waals surface area contributed by atoms with Crippen LogP contribution in [0.15, 0.2) is 35.3 Å². The topological polar surface area (TPSA) is 97.6 Å². The number of Topliss-reactive ketones (excluding diaryl/α,β-unsaturated/α-hetero) is 1. The Kier molecular flexibility index (Phi) is 4.74. The zero-order chi connectivity index (χ0) is 20.8. The Morgan fingerprint density at radius 3 is 2.90 bits per heavy atom. The highest BCUT2D eigenvalue weighted by Crippen LogP contribution is 2.42. The Morgan fingerprint density at radius 1 is 1.38 bits per heavy atom. The molecule has 1 amide bonds. The van der Waals surface area contributed by atoms with Crippen LogP contribution in [0, 0.1) is 11.2 Å². The molecule has 0 saturated carbocycles. The van der Waals surface area contributed by atoms with Crippen LogP contribution in [0.4, 0.5) is 4.39 Å². The lowest BCUT2D eigenvalue weighted by atomic mass is 9.71. The van der Waals surface area contributed by atoms with E-state index in [2.05, 4.69) is 5.32 Å². The molecule has 2 aliphatic heterocycles. The molecule has 29 heavy (non-hydrogen) atoms. The van der Waals surface area contributed by atoms with Crippen molar-refractivity contribution >= 4 is 11.7 Å². The van der Waals surface area contributed by atoms with Crippen LogP contribution >= 0.6 is 0 Å². The van der Waals surface area contributed by atoms with Gasteiger partial charge >= 0.3 is 0 Å². The highest BCUT2D eigenvalue weighted by Gasteiger charge is 2.49. The number of nitrogens with zero attached hydrogens (tertiary/aromatic N) is 1. The van der Waals surface area contributed by atoms with Crippen LogP contribution in [-0.4, -0.2) is 34.1 Å². The van der Waals surface area contributed by atoms with Crippen molar-refractivity contribution < 1.29 is 23.8 Å². The van der Waals surface area contributed by atoms with Gasteiger partial charge in [-0.2, -0.15) is 0 Å². The summed E-state index contributed by atoms with van der Waals surface area (Å²) in [6.45, 7) is 2.45. The molecule has 0 bridgehead atoms. The predicted octanol–water partition coefficient (Wildman–Crippen LogP) is 2.00. The number of hydrogen-bond donors (Lipinski definition) is 2. The van der Waals surface area contributed by atoms with Crippen molar-refractivity contribution in [3.63, 3.8) is 0 Å². The minimum Gasteiger partial charge on any atom is -0.503 e. The Morgan fingerprint density at radius 2 is 2.14 bits per heavy atom. The fourth-order valence-corrected chi connectivity index (χ4v) is 4.08. The van der Waals surface area contributed by atoms with Gasteiger partial charge in [-0.15, -0.1) is 0 Å². The van der Waals surface area contributed by atoms with Crippen LogP contribution in [0.1, 0.15) is 46.2 Å². The van der Waals surface area contributed by atoms with Gasteiger partial charge in [0, 0.05) is 24.9 Å². The maximum absolute atomic E-state index is 13.7. The second-order valence-electron chi connectivity index (χ2n) is 7.71. The molecular formula is C21H21FN2O5. The Hall–Kier alpha value is -3.00. The van der Waals surface area contributed by atoms with Gasteiger partial charge in [0.05, 0.1) is 18.1 Å². The molecule has 3 heterocycles. The highest BCUT2D eigenvalue weighted by molar-refractivity contribution is 6.03. The zero-order valence-electron chi connectivity index (χ0n) is 15.9. The van der Waals surface area contributed by atoms with Crippen molar-refractivity contribution in [2.45, 2.75) is 39.0 Å². The van der Waals surface area contributed by atoms with Crippen LogP contribution in [0.25, 0.3) is 0 Å². The molecule has 2 aliphatic rings. The summed E-state index contributed by atoms with van der Waals surface area (Å²) in [5.41, 5.74) is -1.87. The van der Waals surface area contributed by atoms with E-state index in [1.54, 1.807) is 13.0 Å². The van der Waals surface area contributed by atoms with E-state index in [4.69, 9.17) is 4.74 Å². The van der Waals surface area contributed by atoms with Gasteiger partial charge in [-0.1, -0.05) is 18.2 Å². The number of carbonyl (C=O) groups is 2. The van der Waals surface area contributed by atoms with Crippen molar-refractivity contribution in [3.8, 4) is 5.75 Å². The lowest BCUT2D eigenvalue weighted by Crippen LogP contribution is -2.52. The molecule has 0 radical (unpaired) electrons. The Labute approximate surface area is 166 Å². The van der Waals surface area contributed by atoms with E-state index < -0.39 is 34.4 Å². The van der Waals surface area contributed by atoms with Crippen LogP contribution < -0.4 is 10.7 Å². The number of hydrogen-bond acceptors (Lipinski definition) is 5. The van der Waals surface area contributed by atoms with E-state index in [1.165, 1.54) is 29.0 Å². The summed E-state index contributed by atoms with van der Waals surface area (Å²) in [7, 11) is 0. The summed E-state index contributed by atoms with van der Waals surface area (Å²) in [5.74, 6) is -2.33. The minimum atomic E-state index is -0.922. The van der Waals surface area contributed by atoms with Crippen LogP contribution in [-0.2, 0) is 17.8 Å². The standard InChI is InChI=1S/C21H21FN2O5/c1-21-7-4-8-29-15(21)11-24-10-13(17(25)18(26)16(24)19(21)27)20(28)23-9-12-5-2-3-6-14(12)22/h2-3,5-6,10,15,26H,4,7-9,11H2,1H3,(H,23,28)/t15-,21-/m0/s1. The summed E-state index contributed by atoms with van der Waals surface area (Å²) in [5, 5.41) is 12.9. The fraction of sp³-hybridized carbons (Fsp3) is 0.381. The van der Waals surface area contributed by atoms with Crippen LogP contribution in [0.3, 0.4) is 0 Å². The molecule has 4 rings (SSSR count). The Bertz CT molecular complexity index is 1060. The molecule has 2 N–H and O–H groups in total. The summed E-state index contributed by atoms with van der Waals surface area (Å²) >= 11 is 0. The quantitative estimate of drug-likeness (QED) is 0.821. The van der Waals surface area contributed by atoms with E-state index in [-0.39, 0.29) is 35.7 Å². The molecule has 152 valence electrons. The summed E-state index contributed by atoms with van der Waals surface area (Å²) in [6, 6.07) is 5.96. The highest BCUT2D eigenvalue weighted by atomic mass is 19.1. The van der Waals surface area contributed by atoms with Gasteiger partial charge in [0.15, 0.2) is 11.5 Å². The number of carbonyl (C=O) groups excluding carboxylic acids is 2. The van der Waals surface area contributed by atoms with Gasteiger partial charge in [0.25, 0.3) is 5.91 Å². The summed E-state index contributed by atoms with van der Waals surface area (Å²) in [4.78, 5) is 38.2. The number of benzene rings is 1. The fourth-order valence-electron chi connectivity index (χ4n) is 4.08. The first-order valence-corrected chi connectivity index (χ1v) is 9.47. The first-order valence-electron chi connectivity index (χ1n) is 9.47. The van der Waals surface area contributed by atoms with Crippen molar-refractivity contribution in [1.29, 1.82) is 0 Å². The van der Waals surface area contributed by atoms with Gasteiger partial charge < -0.3 is 19.7 Å². The number of amides is 1. The van der Waals surface area contributed by atoms with Crippen molar-refractivity contribution in [2.75, 3.05) is 6.61 Å². The number of nitrogens with one attached hydrogen (secondary N) is 1. The van der Waals surface area contributed by atoms with E-state index in [0.717, 1.165) is 6.42 Å². The SMILES string of the molecule is C[C@]12CCCO[C@H]1Cn1cc(C(=O)NCc3ccccc3F)c(=O)c(O)c1C2=O. The first-order chi connectivity index (χ1) is 13.8. The monoisotopic (exact) mass is 400 g/mol. The zero-order valence-corrected chi connectivity index (χ0v) is 15.9. The number of aromatic hydroxyl groups is 1. The van der Waals surface area contributed by atoms with Gasteiger partial charge in [0.2, 0.25) is 5.43 Å². The van der Waals surface area contributed by atoms with Crippen molar-refractivity contribution in [2.24, 2.45) is 5.41 Å². The molecule has 8 heteroatoms. The molecule has 0 unspecified atom stereocenters. The molecule has 1 saturated heterocycles. The maximum Gasteiger partial charge on any atom is 0.257 e. The normalized spacial score (nSPS) is 23.2. The predicted molar refractivity (Wildman–Crippen MR) is 101 cm³/mol. The van der Waals surface area contributed by atoms with Gasteiger partial charge in [-0.3, -0.25) is 14.4 Å². The number of ether oxygens (including phenoxy) is 1. The van der Waals surface area contributed by atoms with Crippen LogP contribution in [0.2, 0.25) is 0 Å².